The van der Waals surface area contributed by atoms with E-state index in [0.29, 0.717) is 31.7 Å². The molecule has 1 N–H and O–H groups in total. The third-order valence-corrected chi connectivity index (χ3v) is 3.57. The van der Waals surface area contributed by atoms with Gasteiger partial charge >= 0.3 is 0 Å². The van der Waals surface area contributed by atoms with E-state index in [1.165, 1.54) is 0 Å². The Morgan fingerprint density at radius 1 is 1.12 bits per heavy atom. The van der Waals surface area contributed by atoms with Gasteiger partial charge in [0.25, 0.3) is 0 Å². The molecule has 1 amide bonds. The van der Waals surface area contributed by atoms with Crippen molar-refractivity contribution in [2.75, 3.05) is 13.7 Å². The third kappa shape index (κ3) is 5.57. The first-order valence-electron chi connectivity index (χ1n) is 8.18. The second-order valence-corrected chi connectivity index (χ2v) is 5.47. The van der Waals surface area contributed by atoms with Crippen LogP contribution in [0.5, 0.6) is 11.5 Å². The normalized spacial score (nSPS) is 10.2. The molecule has 0 aliphatic rings. The summed E-state index contributed by atoms with van der Waals surface area (Å²) < 4.78 is 11.0. The molecule has 0 aliphatic heterocycles. The largest absolute Gasteiger partial charge is 0.493 e. The number of nitrogens with zero attached hydrogens (tertiary/aromatic N) is 1. The Morgan fingerprint density at radius 2 is 1.92 bits per heavy atom. The van der Waals surface area contributed by atoms with Crippen molar-refractivity contribution >= 4 is 5.91 Å². The van der Waals surface area contributed by atoms with E-state index in [1.807, 2.05) is 30.3 Å². The number of carbonyl (C=O) groups is 1. The van der Waals surface area contributed by atoms with Crippen LogP contribution in [-0.2, 0) is 17.8 Å². The number of carbonyl (C=O) groups excluding carboxylic acids is 1. The molecule has 1 aromatic heterocycles. The highest BCUT2D eigenvalue weighted by molar-refractivity contribution is 5.76. The van der Waals surface area contributed by atoms with Crippen molar-refractivity contribution in [2.45, 2.75) is 32.7 Å². The maximum absolute atomic E-state index is 12.0. The van der Waals surface area contributed by atoms with Crippen molar-refractivity contribution in [2.24, 2.45) is 0 Å². The third-order valence-electron chi connectivity index (χ3n) is 3.57. The average Bonchev–Trinajstić information content (AvgIpc) is 2.64. The summed E-state index contributed by atoms with van der Waals surface area (Å²) in [4.78, 5) is 15.9. The van der Waals surface area contributed by atoms with Crippen LogP contribution in [0.3, 0.4) is 0 Å². The first-order valence-corrected chi connectivity index (χ1v) is 8.18. The number of hydrogen-bond donors (Lipinski definition) is 1. The Hall–Kier alpha value is -2.56. The zero-order valence-electron chi connectivity index (χ0n) is 14.2. The number of nitrogens with one attached hydrogen (secondary N) is 1. The maximum Gasteiger partial charge on any atom is 0.220 e. The summed E-state index contributed by atoms with van der Waals surface area (Å²) in [5.41, 5.74) is 2.09. The Kier molecular flexibility index (Phi) is 7.08. The molecule has 1 heterocycles. The van der Waals surface area contributed by atoms with Crippen molar-refractivity contribution in [3.8, 4) is 11.5 Å². The fourth-order valence-electron chi connectivity index (χ4n) is 2.25. The van der Waals surface area contributed by atoms with Crippen molar-refractivity contribution < 1.29 is 14.3 Å². The number of rotatable bonds is 9. The highest BCUT2D eigenvalue weighted by Crippen LogP contribution is 2.28. The van der Waals surface area contributed by atoms with Crippen LogP contribution >= 0.6 is 0 Å². The number of amides is 1. The van der Waals surface area contributed by atoms with E-state index in [4.69, 9.17) is 9.47 Å². The quantitative estimate of drug-likeness (QED) is 0.768. The van der Waals surface area contributed by atoms with E-state index in [2.05, 4.69) is 17.2 Å². The van der Waals surface area contributed by atoms with E-state index < -0.39 is 0 Å². The average molecular weight is 328 g/mol. The van der Waals surface area contributed by atoms with Gasteiger partial charge in [0.1, 0.15) is 0 Å². The number of hydrogen-bond acceptors (Lipinski definition) is 4. The summed E-state index contributed by atoms with van der Waals surface area (Å²) in [5, 5.41) is 2.93. The van der Waals surface area contributed by atoms with E-state index >= 15 is 0 Å². The minimum absolute atomic E-state index is 0.0251. The van der Waals surface area contributed by atoms with Gasteiger partial charge in [0.05, 0.1) is 13.7 Å². The van der Waals surface area contributed by atoms with Crippen LogP contribution < -0.4 is 14.8 Å². The fraction of sp³-hybridized carbons (Fsp3) is 0.368. The number of aryl methyl sites for hydroxylation is 1. The molecule has 5 heteroatoms. The van der Waals surface area contributed by atoms with Crippen LogP contribution in [0.25, 0.3) is 0 Å². The summed E-state index contributed by atoms with van der Waals surface area (Å²) in [5.74, 6) is 1.44. The lowest BCUT2D eigenvalue weighted by Gasteiger charge is -2.12. The van der Waals surface area contributed by atoms with Crippen LogP contribution in [-0.4, -0.2) is 24.6 Å². The fourth-order valence-corrected chi connectivity index (χ4v) is 2.25. The summed E-state index contributed by atoms with van der Waals surface area (Å²) >= 11 is 0. The number of benzene rings is 1. The van der Waals surface area contributed by atoms with Gasteiger partial charge < -0.3 is 14.8 Å². The minimum atomic E-state index is 0.0251. The molecule has 0 saturated carbocycles. The number of methoxy groups -OCH3 is 1. The molecule has 0 aliphatic carbocycles. The first kappa shape index (κ1) is 17.8. The van der Waals surface area contributed by atoms with Crippen molar-refractivity contribution in [1.82, 2.24) is 10.3 Å². The molecule has 0 radical (unpaired) electrons. The highest BCUT2D eigenvalue weighted by Gasteiger charge is 2.07. The summed E-state index contributed by atoms with van der Waals surface area (Å²) in [6.07, 6.45) is 5.59. The highest BCUT2D eigenvalue weighted by atomic mass is 16.5. The molecule has 0 unspecified atom stereocenters. The van der Waals surface area contributed by atoms with Crippen molar-refractivity contribution in [1.29, 1.82) is 0 Å². The van der Waals surface area contributed by atoms with Crippen LogP contribution in [0.2, 0.25) is 0 Å². The molecule has 128 valence electrons. The standard InChI is InChI=1S/C19H24N2O3/c1-3-12-24-17-6-4-16(13-18(17)23-2)14-21-19(22)7-5-15-8-10-20-11-9-15/h4,6,8-11,13H,3,5,7,12,14H2,1-2H3,(H,21,22). The second kappa shape index (κ2) is 9.55. The lowest BCUT2D eigenvalue weighted by Crippen LogP contribution is -2.23. The van der Waals surface area contributed by atoms with E-state index in [9.17, 15) is 4.79 Å². The van der Waals surface area contributed by atoms with Gasteiger partial charge in [0, 0.05) is 25.4 Å². The lowest BCUT2D eigenvalue weighted by molar-refractivity contribution is -0.121. The Labute approximate surface area is 143 Å². The zero-order chi connectivity index (χ0) is 17.2. The molecule has 0 atom stereocenters. The van der Waals surface area contributed by atoms with Gasteiger partial charge in [-0.2, -0.15) is 0 Å². The molecule has 1 aromatic carbocycles. The molecule has 24 heavy (non-hydrogen) atoms. The monoisotopic (exact) mass is 328 g/mol. The predicted octanol–water partition coefficient (Wildman–Crippen LogP) is 3.13. The van der Waals surface area contributed by atoms with Gasteiger partial charge in [-0.3, -0.25) is 9.78 Å². The summed E-state index contributed by atoms with van der Waals surface area (Å²) in [7, 11) is 1.62. The molecule has 2 aromatic rings. The van der Waals surface area contributed by atoms with E-state index in [0.717, 1.165) is 23.3 Å². The Morgan fingerprint density at radius 3 is 2.62 bits per heavy atom. The zero-order valence-corrected chi connectivity index (χ0v) is 14.2. The van der Waals surface area contributed by atoms with Crippen LogP contribution in [0.1, 0.15) is 30.9 Å². The molecule has 0 fully saturated rings. The molecule has 0 spiro atoms. The van der Waals surface area contributed by atoms with Crippen molar-refractivity contribution in [3.05, 3.63) is 53.9 Å². The van der Waals surface area contributed by atoms with Crippen LogP contribution in [0.4, 0.5) is 0 Å². The van der Waals surface area contributed by atoms with Crippen molar-refractivity contribution in [3.63, 3.8) is 0 Å². The Balaban J connectivity index is 1.83. The van der Waals surface area contributed by atoms with Gasteiger partial charge in [-0.25, -0.2) is 0 Å². The number of ether oxygens (including phenoxy) is 2. The SMILES string of the molecule is CCCOc1ccc(CNC(=O)CCc2ccncc2)cc1OC. The van der Waals surface area contributed by atoms with Gasteiger partial charge in [0.15, 0.2) is 11.5 Å². The summed E-state index contributed by atoms with van der Waals surface area (Å²) in [6, 6.07) is 9.57. The van der Waals surface area contributed by atoms with Gasteiger partial charge in [-0.1, -0.05) is 13.0 Å². The second-order valence-electron chi connectivity index (χ2n) is 5.47. The molecular formula is C19H24N2O3. The molecular weight excluding hydrogens is 304 g/mol. The maximum atomic E-state index is 12.0. The molecule has 2 rings (SSSR count). The smallest absolute Gasteiger partial charge is 0.220 e. The van der Waals surface area contributed by atoms with E-state index in [-0.39, 0.29) is 5.91 Å². The van der Waals surface area contributed by atoms with Crippen LogP contribution in [0.15, 0.2) is 42.7 Å². The number of pyridine rings is 1. The van der Waals surface area contributed by atoms with Crippen LogP contribution in [0, 0.1) is 0 Å². The summed E-state index contributed by atoms with van der Waals surface area (Å²) in [6.45, 7) is 3.18. The predicted molar refractivity (Wildman–Crippen MR) is 93.2 cm³/mol. The van der Waals surface area contributed by atoms with Gasteiger partial charge in [0.2, 0.25) is 5.91 Å². The first-order chi connectivity index (χ1) is 11.7. The van der Waals surface area contributed by atoms with Gasteiger partial charge in [-0.15, -0.1) is 0 Å². The Bertz CT molecular complexity index is 644. The number of aromatic nitrogens is 1. The van der Waals surface area contributed by atoms with E-state index in [1.54, 1.807) is 19.5 Å². The molecule has 0 bridgehead atoms. The molecule has 5 nitrogen and oxygen atoms in total. The molecule has 0 saturated heterocycles. The lowest BCUT2D eigenvalue weighted by atomic mass is 10.1. The topological polar surface area (TPSA) is 60.5 Å². The minimum Gasteiger partial charge on any atom is -0.493 e. The van der Waals surface area contributed by atoms with Gasteiger partial charge in [-0.05, 0) is 48.2 Å².